The second-order valence-corrected chi connectivity index (χ2v) is 5.96. The third-order valence-corrected chi connectivity index (χ3v) is 4.43. The Morgan fingerprint density at radius 3 is 2.79 bits per heavy atom. The van der Waals surface area contributed by atoms with Crippen LogP contribution in [0.25, 0.3) is 0 Å². The summed E-state index contributed by atoms with van der Waals surface area (Å²) in [6.07, 6.45) is 2.03. The molecule has 1 atom stereocenters. The molecule has 6 nitrogen and oxygen atoms in total. The van der Waals surface area contributed by atoms with Gasteiger partial charge in [0, 0.05) is 7.05 Å². The van der Waals surface area contributed by atoms with Gasteiger partial charge in [0.05, 0.1) is 11.8 Å². The van der Waals surface area contributed by atoms with E-state index in [1.54, 1.807) is 6.92 Å². The van der Waals surface area contributed by atoms with Crippen LogP contribution in [0.5, 0.6) is 0 Å². The number of aromatic nitrogens is 3. The van der Waals surface area contributed by atoms with Crippen molar-refractivity contribution in [1.82, 2.24) is 20.1 Å². The van der Waals surface area contributed by atoms with Crippen molar-refractivity contribution in [3.8, 4) is 6.07 Å². The molecule has 1 N–H and O–H groups in total. The second kappa shape index (κ2) is 5.21. The van der Waals surface area contributed by atoms with Gasteiger partial charge in [-0.1, -0.05) is 11.8 Å². The topological polar surface area (TPSA) is 83.6 Å². The predicted molar refractivity (Wildman–Crippen MR) is 71.3 cm³/mol. The Kier molecular flexibility index (Phi) is 3.80. The number of amides is 1. The van der Waals surface area contributed by atoms with Gasteiger partial charge in [-0.05, 0) is 32.6 Å². The Hall–Kier alpha value is -1.55. The number of nitriles is 1. The molecule has 0 unspecified atom stereocenters. The summed E-state index contributed by atoms with van der Waals surface area (Å²) in [5.74, 6) is 1.21. The van der Waals surface area contributed by atoms with E-state index in [0.29, 0.717) is 11.1 Å². The van der Waals surface area contributed by atoms with E-state index >= 15 is 0 Å². The summed E-state index contributed by atoms with van der Waals surface area (Å²) in [5.41, 5.74) is -0.729. The molecule has 1 aliphatic rings. The average molecular weight is 279 g/mol. The Bertz CT molecular complexity index is 531. The van der Waals surface area contributed by atoms with Crippen LogP contribution in [0.4, 0.5) is 0 Å². The molecule has 1 saturated carbocycles. The Morgan fingerprint density at radius 2 is 2.32 bits per heavy atom. The van der Waals surface area contributed by atoms with E-state index in [9.17, 15) is 10.1 Å². The van der Waals surface area contributed by atoms with Gasteiger partial charge >= 0.3 is 0 Å². The van der Waals surface area contributed by atoms with Crippen molar-refractivity contribution in [2.24, 2.45) is 13.0 Å². The standard InChI is InChI=1S/C12H17N5OS/c1-8-15-16-11(17(8)3)19-6-10(18)14-12(2,7-13)9-4-5-9/h9H,4-6H2,1-3H3,(H,14,18)/t12-/m0/s1. The maximum atomic E-state index is 11.9. The molecule has 2 rings (SSSR count). The van der Waals surface area contributed by atoms with E-state index in [2.05, 4.69) is 21.6 Å². The molecule has 7 heteroatoms. The third kappa shape index (κ3) is 3.07. The lowest BCUT2D eigenvalue weighted by atomic mass is 9.98. The lowest BCUT2D eigenvalue weighted by molar-refractivity contribution is -0.119. The highest BCUT2D eigenvalue weighted by Gasteiger charge is 2.42. The fourth-order valence-electron chi connectivity index (χ4n) is 1.85. The first kappa shape index (κ1) is 13.9. The largest absolute Gasteiger partial charge is 0.337 e. The first-order valence-electron chi connectivity index (χ1n) is 6.17. The lowest BCUT2D eigenvalue weighted by Crippen LogP contribution is -2.47. The van der Waals surface area contributed by atoms with Crippen LogP contribution in [0, 0.1) is 24.2 Å². The van der Waals surface area contributed by atoms with Crippen LogP contribution in [0.1, 0.15) is 25.6 Å². The molecule has 1 fully saturated rings. The van der Waals surface area contributed by atoms with Crippen molar-refractivity contribution in [2.75, 3.05) is 5.75 Å². The highest BCUT2D eigenvalue weighted by Crippen LogP contribution is 2.39. The van der Waals surface area contributed by atoms with Crippen molar-refractivity contribution in [3.63, 3.8) is 0 Å². The fraction of sp³-hybridized carbons (Fsp3) is 0.667. The number of carbonyl (C=O) groups excluding carboxylic acids is 1. The van der Waals surface area contributed by atoms with Crippen molar-refractivity contribution in [3.05, 3.63) is 5.82 Å². The Balaban J connectivity index is 1.88. The molecule has 19 heavy (non-hydrogen) atoms. The summed E-state index contributed by atoms with van der Waals surface area (Å²) in [6.45, 7) is 3.65. The number of hydrogen-bond donors (Lipinski definition) is 1. The maximum Gasteiger partial charge on any atom is 0.231 e. The first-order chi connectivity index (χ1) is 8.96. The van der Waals surface area contributed by atoms with E-state index in [4.69, 9.17) is 0 Å². The molecule has 0 bridgehead atoms. The molecule has 0 spiro atoms. The molecule has 0 aromatic carbocycles. The molecule has 1 amide bonds. The Labute approximate surface area is 116 Å². The van der Waals surface area contributed by atoms with Crippen LogP contribution >= 0.6 is 11.8 Å². The van der Waals surface area contributed by atoms with Crippen molar-refractivity contribution >= 4 is 17.7 Å². The Morgan fingerprint density at radius 1 is 1.63 bits per heavy atom. The monoisotopic (exact) mass is 279 g/mol. The molecule has 1 aromatic rings. The number of nitrogens with one attached hydrogen (secondary N) is 1. The van der Waals surface area contributed by atoms with Crippen LogP contribution in [0.15, 0.2) is 5.16 Å². The van der Waals surface area contributed by atoms with Gasteiger partial charge in [0.15, 0.2) is 5.16 Å². The molecule has 0 aliphatic heterocycles. The summed E-state index contributed by atoms with van der Waals surface area (Å²) < 4.78 is 1.84. The van der Waals surface area contributed by atoms with Crippen LogP contribution in [-0.4, -0.2) is 32.0 Å². The zero-order valence-corrected chi connectivity index (χ0v) is 12.1. The van der Waals surface area contributed by atoms with Gasteiger partial charge in [0.25, 0.3) is 0 Å². The van der Waals surface area contributed by atoms with Crippen molar-refractivity contribution < 1.29 is 4.79 Å². The summed E-state index contributed by atoms with van der Waals surface area (Å²) in [4.78, 5) is 11.9. The van der Waals surface area contributed by atoms with Gasteiger partial charge in [0.2, 0.25) is 5.91 Å². The molecule has 0 saturated heterocycles. The summed E-state index contributed by atoms with van der Waals surface area (Å²) >= 11 is 1.33. The molecule has 1 aromatic heterocycles. The summed E-state index contributed by atoms with van der Waals surface area (Å²) in [5, 5.41) is 20.6. The van der Waals surface area contributed by atoms with Crippen LogP contribution in [0.2, 0.25) is 0 Å². The number of nitrogens with zero attached hydrogens (tertiary/aromatic N) is 4. The second-order valence-electron chi connectivity index (χ2n) is 5.01. The molecule has 1 aliphatic carbocycles. The van der Waals surface area contributed by atoms with E-state index < -0.39 is 5.54 Å². The lowest BCUT2D eigenvalue weighted by Gasteiger charge is -2.22. The third-order valence-electron chi connectivity index (χ3n) is 3.41. The zero-order chi connectivity index (χ0) is 14.0. The van der Waals surface area contributed by atoms with Crippen molar-refractivity contribution in [2.45, 2.75) is 37.4 Å². The molecule has 0 radical (unpaired) electrons. The van der Waals surface area contributed by atoms with Gasteiger partial charge in [-0.15, -0.1) is 10.2 Å². The number of hydrogen-bond acceptors (Lipinski definition) is 5. The fourth-order valence-corrected chi connectivity index (χ4v) is 2.61. The summed E-state index contributed by atoms with van der Waals surface area (Å²) in [6, 6.07) is 2.21. The minimum absolute atomic E-state index is 0.137. The number of carbonyl (C=O) groups is 1. The molecule has 1 heterocycles. The number of thioether (sulfide) groups is 1. The quantitative estimate of drug-likeness (QED) is 0.814. The zero-order valence-electron chi connectivity index (χ0n) is 11.3. The van der Waals surface area contributed by atoms with E-state index in [0.717, 1.165) is 18.7 Å². The van der Waals surface area contributed by atoms with Crippen molar-refractivity contribution in [1.29, 1.82) is 5.26 Å². The summed E-state index contributed by atoms with van der Waals surface area (Å²) in [7, 11) is 1.86. The van der Waals surface area contributed by atoms with E-state index in [1.807, 2.05) is 18.5 Å². The van der Waals surface area contributed by atoms with E-state index in [1.165, 1.54) is 11.8 Å². The van der Waals surface area contributed by atoms with Gasteiger partial charge in [-0.25, -0.2) is 0 Å². The predicted octanol–water partition coefficient (Wildman–Crippen LogP) is 1.02. The minimum Gasteiger partial charge on any atom is -0.337 e. The number of rotatable bonds is 5. The van der Waals surface area contributed by atoms with Gasteiger partial charge < -0.3 is 9.88 Å². The first-order valence-corrected chi connectivity index (χ1v) is 7.16. The highest BCUT2D eigenvalue weighted by molar-refractivity contribution is 7.99. The van der Waals surface area contributed by atoms with Gasteiger partial charge in [0.1, 0.15) is 11.4 Å². The SMILES string of the molecule is Cc1nnc(SCC(=O)N[C@@](C)(C#N)C2CC2)n1C. The number of aryl methyl sites for hydroxylation is 1. The van der Waals surface area contributed by atoms with Gasteiger partial charge in [-0.2, -0.15) is 5.26 Å². The average Bonchev–Trinajstić information content (AvgIpc) is 3.18. The normalized spacial score (nSPS) is 17.6. The minimum atomic E-state index is -0.729. The smallest absolute Gasteiger partial charge is 0.231 e. The van der Waals surface area contributed by atoms with Crippen LogP contribution in [0.3, 0.4) is 0 Å². The molecule has 102 valence electrons. The van der Waals surface area contributed by atoms with E-state index in [-0.39, 0.29) is 11.7 Å². The van der Waals surface area contributed by atoms with Crippen LogP contribution in [-0.2, 0) is 11.8 Å². The maximum absolute atomic E-state index is 11.9. The highest BCUT2D eigenvalue weighted by atomic mass is 32.2. The molecular weight excluding hydrogens is 262 g/mol. The van der Waals surface area contributed by atoms with Crippen LogP contribution < -0.4 is 5.32 Å². The van der Waals surface area contributed by atoms with Gasteiger partial charge in [-0.3, -0.25) is 4.79 Å². The molecular formula is C12H17N5OS.